The maximum atomic E-state index is 10.5. The fourth-order valence-corrected chi connectivity index (χ4v) is 0.739. The van der Waals surface area contributed by atoms with Crippen LogP contribution in [-0.2, 0) is 14.3 Å². The van der Waals surface area contributed by atoms with Crippen LogP contribution in [0.3, 0.4) is 0 Å². The molecular weight excluding hydrogens is 148 g/mol. The third kappa shape index (κ3) is 4.75. The van der Waals surface area contributed by atoms with Gasteiger partial charge in [-0.25, -0.2) is 0 Å². The molecule has 11 heavy (non-hydrogen) atoms. The number of ether oxygens (including phenoxy) is 2. The second-order valence-electron chi connectivity index (χ2n) is 2.27. The van der Waals surface area contributed by atoms with Gasteiger partial charge in [0.2, 0.25) is 0 Å². The van der Waals surface area contributed by atoms with Gasteiger partial charge in [-0.1, -0.05) is 0 Å². The number of aliphatic carboxylic acids is 1. The molecule has 66 valence electrons. The van der Waals surface area contributed by atoms with Gasteiger partial charge in [0.05, 0.1) is 12.5 Å². The van der Waals surface area contributed by atoms with E-state index in [1.54, 1.807) is 7.11 Å². The van der Waals surface area contributed by atoms with Gasteiger partial charge in [-0.2, -0.15) is 0 Å². The van der Waals surface area contributed by atoms with Gasteiger partial charge in [-0.15, -0.1) is 0 Å². The number of hydrogen-bond donors (Lipinski definition) is 1. The highest BCUT2D eigenvalue weighted by Crippen LogP contribution is 2.03. The van der Waals surface area contributed by atoms with E-state index in [-0.39, 0.29) is 6.61 Å². The summed E-state index contributed by atoms with van der Waals surface area (Å²) in [5.74, 6) is -1.27. The van der Waals surface area contributed by atoms with Crippen LogP contribution in [0.4, 0.5) is 0 Å². The smallest absolute Gasteiger partial charge is 0.308 e. The van der Waals surface area contributed by atoms with Gasteiger partial charge < -0.3 is 14.6 Å². The van der Waals surface area contributed by atoms with E-state index in [2.05, 4.69) is 0 Å². The van der Waals surface area contributed by atoms with E-state index in [0.29, 0.717) is 13.0 Å². The van der Waals surface area contributed by atoms with Gasteiger partial charge in [0.25, 0.3) is 0 Å². The minimum absolute atomic E-state index is 0.249. The van der Waals surface area contributed by atoms with Crippen LogP contribution < -0.4 is 0 Å². The monoisotopic (exact) mass is 162 g/mol. The molecule has 0 rings (SSSR count). The normalized spacial score (nSPS) is 12.9. The fourth-order valence-electron chi connectivity index (χ4n) is 0.739. The Morgan fingerprint density at radius 2 is 2.09 bits per heavy atom. The maximum Gasteiger partial charge on any atom is 0.308 e. The van der Waals surface area contributed by atoms with E-state index in [9.17, 15) is 4.79 Å². The van der Waals surface area contributed by atoms with Crippen LogP contribution >= 0.6 is 0 Å². The highest BCUT2D eigenvalue weighted by Gasteiger charge is 2.15. The number of carbonyl (C=O) groups is 1. The Morgan fingerprint density at radius 1 is 1.45 bits per heavy atom. The Bertz CT molecular complexity index is 113. The first-order valence-corrected chi connectivity index (χ1v) is 3.43. The van der Waals surface area contributed by atoms with E-state index in [0.717, 1.165) is 0 Å². The van der Waals surface area contributed by atoms with Gasteiger partial charge in [0.1, 0.15) is 0 Å². The first kappa shape index (κ1) is 10.4. The third-order valence-electron chi connectivity index (χ3n) is 1.39. The molecule has 1 atom stereocenters. The molecule has 0 aliphatic heterocycles. The van der Waals surface area contributed by atoms with Crippen LogP contribution in [0.1, 0.15) is 6.42 Å². The van der Waals surface area contributed by atoms with Crippen molar-refractivity contribution in [1.82, 2.24) is 0 Å². The van der Waals surface area contributed by atoms with Crippen molar-refractivity contribution in [3.63, 3.8) is 0 Å². The Kier molecular flexibility index (Phi) is 5.78. The minimum atomic E-state index is -0.830. The average molecular weight is 162 g/mol. The third-order valence-corrected chi connectivity index (χ3v) is 1.39. The van der Waals surface area contributed by atoms with E-state index in [1.165, 1.54) is 7.11 Å². The van der Waals surface area contributed by atoms with Gasteiger partial charge >= 0.3 is 5.97 Å². The molecule has 1 N–H and O–H groups in total. The fraction of sp³-hybridized carbons (Fsp3) is 0.857. The van der Waals surface area contributed by atoms with Gasteiger partial charge in [0.15, 0.2) is 0 Å². The van der Waals surface area contributed by atoms with E-state index < -0.39 is 11.9 Å². The molecule has 0 aromatic heterocycles. The highest BCUT2D eigenvalue weighted by atomic mass is 16.5. The molecule has 0 aliphatic carbocycles. The Balaban J connectivity index is 3.60. The molecule has 0 fully saturated rings. The van der Waals surface area contributed by atoms with Crippen molar-refractivity contribution in [3.8, 4) is 0 Å². The zero-order chi connectivity index (χ0) is 8.69. The molecular formula is C7H14O4. The van der Waals surface area contributed by atoms with Gasteiger partial charge in [-0.3, -0.25) is 4.79 Å². The summed E-state index contributed by atoms with van der Waals surface area (Å²) in [7, 11) is 3.04. The van der Waals surface area contributed by atoms with Crippen molar-refractivity contribution in [2.24, 2.45) is 5.92 Å². The molecule has 0 amide bonds. The van der Waals surface area contributed by atoms with Crippen LogP contribution in [0, 0.1) is 5.92 Å². The molecule has 0 heterocycles. The molecule has 0 saturated carbocycles. The lowest BCUT2D eigenvalue weighted by atomic mass is 10.1. The lowest BCUT2D eigenvalue weighted by Gasteiger charge is -2.09. The lowest BCUT2D eigenvalue weighted by Crippen LogP contribution is -2.20. The van der Waals surface area contributed by atoms with E-state index in [4.69, 9.17) is 14.6 Å². The van der Waals surface area contributed by atoms with Crippen molar-refractivity contribution in [2.75, 3.05) is 27.4 Å². The summed E-state index contributed by atoms with van der Waals surface area (Å²) in [6.07, 6.45) is 0.500. The molecule has 0 aromatic carbocycles. The number of carboxylic acids is 1. The van der Waals surface area contributed by atoms with Crippen molar-refractivity contribution < 1.29 is 19.4 Å². The topological polar surface area (TPSA) is 55.8 Å². The minimum Gasteiger partial charge on any atom is -0.481 e. The van der Waals surface area contributed by atoms with Crippen molar-refractivity contribution in [3.05, 3.63) is 0 Å². The first-order chi connectivity index (χ1) is 5.22. The second kappa shape index (κ2) is 6.12. The summed E-state index contributed by atoms with van der Waals surface area (Å²) in [5.41, 5.74) is 0. The molecule has 0 aromatic rings. The van der Waals surface area contributed by atoms with Crippen LogP contribution in [0.15, 0.2) is 0 Å². The first-order valence-electron chi connectivity index (χ1n) is 3.43. The molecule has 0 saturated heterocycles. The summed E-state index contributed by atoms with van der Waals surface area (Å²) in [6, 6.07) is 0. The zero-order valence-electron chi connectivity index (χ0n) is 6.87. The summed E-state index contributed by atoms with van der Waals surface area (Å²) < 4.78 is 9.48. The number of methoxy groups -OCH3 is 2. The van der Waals surface area contributed by atoms with Gasteiger partial charge in [-0.05, 0) is 6.42 Å². The highest BCUT2D eigenvalue weighted by molar-refractivity contribution is 5.70. The Hall–Kier alpha value is -0.610. The summed E-state index contributed by atoms with van der Waals surface area (Å²) in [4.78, 5) is 10.5. The van der Waals surface area contributed by atoms with E-state index >= 15 is 0 Å². The molecule has 0 aliphatic rings. The summed E-state index contributed by atoms with van der Waals surface area (Å²) >= 11 is 0. The molecule has 0 spiro atoms. The van der Waals surface area contributed by atoms with Crippen LogP contribution in [-0.4, -0.2) is 38.5 Å². The van der Waals surface area contributed by atoms with E-state index in [1.807, 2.05) is 0 Å². The molecule has 4 heteroatoms. The maximum absolute atomic E-state index is 10.5. The SMILES string of the molecule is COCCC(COC)C(=O)O. The predicted molar refractivity (Wildman–Crippen MR) is 39.5 cm³/mol. The average Bonchev–Trinajstić information content (AvgIpc) is 1.97. The largest absolute Gasteiger partial charge is 0.481 e. The predicted octanol–water partition coefficient (Wildman–Crippen LogP) is 0.370. The van der Waals surface area contributed by atoms with Crippen molar-refractivity contribution in [2.45, 2.75) is 6.42 Å². The molecule has 0 radical (unpaired) electrons. The zero-order valence-corrected chi connectivity index (χ0v) is 6.87. The van der Waals surface area contributed by atoms with Crippen LogP contribution in [0.25, 0.3) is 0 Å². The van der Waals surface area contributed by atoms with Crippen molar-refractivity contribution in [1.29, 1.82) is 0 Å². The van der Waals surface area contributed by atoms with Crippen LogP contribution in [0.2, 0.25) is 0 Å². The molecule has 0 bridgehead atoms. The van der Waals surface area contributed by atoms with Crippen molar-refractivity contribution >= 4 is 5.97 Å². The Labute approximate surface area is 66.1 Å². The number of hydrogen-bond acceptors (Lipinski definition) is 3. The summed E-state index contributed by atoms with van der Waals surface area (Å²) in [6.45, 7) is 0.707. The van der Waals surface area contributed by atoms with Gasteiger partial charge in [0, 0.05) is 20.8 Å². The Morgan fingerprint density at radius 3 is 2.45 bits per heavy atom. The lowest BCUT2D eigenvalue weighted by molar-refractivity contribution is -0.144. The second-order valence-corrected chi connectivity index (χ2v) is 2.27. The van der Waals surface area contributed by atoms with Crippen LogP contribution in [0.5, 0.6) is 0 Å². The quantitative estimate of drug-likeness (QED) is 0.613. The standard InChI is InChI=1S/C7H14O4/c1-10-4-3-6(5-11-2)7(8)9/h6H,3-5H2,1-2H3,(H,8,9). The number of carboxylic acid groups (broad SMARTS) is 1. The number of rotatable bonds is 6. The molecule has 1 unspecified atom stereocenters. The summed E-state index contributed by atoms with van der Waals surface area (Å²) in [5, 5.41) is 8.60. The molecule has 4 nitrogen and oxygen atoms in total.